The predicted molar refractivity (Wildman–Crippen MR) is 122 cm³/mol. The normalized spacial score (nSPS) is 14.7. The van der Waals surface area contributed by atoms with Crippen LogP contribution in [0.1, 0.15) is 12.5 Å². The van der Waals surface area contributed by atoms with Gasteiger partial charge < -0.3 is 16.0 Å². The molecule has 2 aromatic rings. The second-order valence-corrected chi connectivity index (χ2v) is 6.43. The largest absolute Gasteiger partial charge is 0.354 e. The Hall–Kier alpha value is -1.57. The molecule has 1 aliphatic rings. The summed E-state index contributed by atoms with van der Waals surface area (Å²) in [5, 5.41) is 2.81. The quantitative estimate of drug-likeness (QED) is 0.735. The molecule has 9 heteroatoms. The Morgan fingerprint density at radius 2 is 1.71 bits per heavy atom. The molecule has 28 heavy (non-hydrogen) atoms. The highest BCUT2D eigenvalue weighted by Crippen LogP contribution is 2.16. The number of hydrogen-bond acceptors (Lipinski definition) is 5. The van der Waals surface area contributed by atoms with E-state index in [-0.39, 0.29) is 43.1 Å². The maximum atomic E-state index is 11.6. The van der Waals surface area contributed by atoms with Crippen LogP contribution in [0.2, 0.25) is 0 Å². The van der Waals surface area contributed by atoms with Gasteiger partial charge in [0, 0.05) is 44.6 Å². The number of nitrogens with zero attached hydrogens (tertiary/aromatic N) is 3. The Balaban J connectivity index is 0.00000243. The molecule has 0 bridgehead atoms. The van der Waals surface area contributed by atoms with E-state index in [9.17, 15) is 4.79 Å². The van der Waals surface area contributed by atoms with E-state index in [0.29, 0.717) is 0 Å². The molecule has 3 rings (SSSR count). The molecular formula is C19H28Cl3N5O. The number of hydrogen-bond donors (Lipinski definition) is 2. The highest BCUT2D eigenvalue weighted by molar-refractivity contribution is 5.94. The topological polar surface area (TPSA) is 74.5 Å². The highest BCUT2D eigenvalue weighted by atomic mass is 35.5. The van der Waals surface area contributed by atoms with Gasteiger partial charge in [0.1, 0.15) is 5.82 Å². The van der Waals surface area contributed by atoms with Crippen molar-refractivity contribution in [3.8, 4) is 0 Å². The first-order valence-corrected chi connectivity index (χ1v) is 8.65. The molecule has 1 aromatic heterocycles. The fourth-order valence-electron chi connectivity index (χ4n) is 2.88. The number of nitrogens with one attached hydrogen (secondary N) is 1. The first-order chi connectivity index (χ1) is 12.1. The zero-order valence-corrected chi connectivity index (χ0v) is 18.2. The van der Waals surface area contributed by atoms with Gasteiger partial charge in [-0.2, -0.15) is 0 Å². The summed E-state index contributed by atoms with van der Waals surface area (Å²) in [6, 6.07) is 13.5. The predicted octanol–water partition coefficient (Wildman–Crippen LogP) is 2.95. The Kier molecular flexibility index (Phi) is 12.1. The zero-order chi connectivity index (χ0) is 17.6. The average Bonchev–Trinajstić information content (AvgIpc) is 2.64. The molecule has 0 spiro atoms. The number of pyridine rings is 1. The van der Waals surface area contributed by atoms with Crippen LogP contribution in [0.4, 0.5) is 11.5 Å². The summed E-state index contributed by atoms with van der Waals surface area (Å²) in [5.41, 5.74) is 7.59. The molecule has 1 saturated heterocycles. The highest BCUT2D eigenvalue weighted by Gasteiger charge is 2.17. The van der Waals surface area contributed by atoms with E-state index in [1.807, 2.05) is 30.5 Å². The van der Waals surface area contributed by atoms with Gasteiger partial charge in [-0.3, -0.25) is 9.69 Å². The van der Waals surface area contributed by atoms with Crippen molar-refractivity contribution < 1.29 is 4.79 Å². The van der Waals surface area contributed by atoms with Gasteiger partial charge in [0.05, 0.1) is 6.04 Å². The smallest absolute Gasteiger partial charge is 0.240 e. The minimum Gasteiger partial charge on any atom is -0.354 e. The van der Waals surface area contributed by atoms with Crippen LogP contribution in [0.25, 0.3) is 0 Å². The Morgan fingerprint density at radius 1 is 1.07 bits per heavy atom. The molecule has 1 amide bonds. The van der Waals surface area contributed by atoms with E-state index in [1.165, 1.54) is 5.56 Å². The molecule has 6 nitrogen and oxygen atoms in total. The van der Waals surface area contributed by atoms with E-state index in [4.69, 9.17) is 5.73 Å². The number of carbonyl (C=O) groups is 1. The van der Waals surface area contributed by atoms with E-state index >= 15 is 0 Å². The number of anilines is 2. The monoisotopic (exact) mass is 447 g/mol. The van der Waals surface area contributed by atoms with Crippen molar-refractivity contribution in [1.29, 1.82) is 0 Å². The summed E-state index contributed by atoms with van der Waals surface area (Å²) in [4.78, 5) is 20.8. The number of rotatable bonds is 5. The van der Waals surface area contributed by atoms with Gasteiger partial charge in [-0.1, -0.05) is 18.2 Å². The van der Waals surface area contributed by atoms with Crippen LogP contribution >= 0.6 is 37.2 Å². The van der Waals surface area contributed by atoms with Gasteiger partial charge >= 0.3 is 0 Å². The second kappa shape index (κ2) is 12.8. The van der Waals surface area contributed by atoms with Crippen molar-refractivity contribution in [1.82, 2.24) is 9.88 Å². The Morgan fingerprint density at radius 3 is 2.25 bits per heavy atom. The lowest BCUT2D eigenvalue weighted by molar-refractivity contribution is -0.117. The summed E-state index contributed by atoms with van der Waals surface area (Å²) in [6.07, 6.45) is 1.84. The Bertz CT molecular complexity index is 692. The number of halogens is 3. The minimum absolute atomic E-state index is 0. The van der Waals surface area contributed by atoms with E-state index < -0.39 is 6.04 Å². The molecule has 3 N–H and O–H groups in total. The van der Waals surface area contributed by atoms with E-state index in [1.54, 1.807) is 6.92 Å². The molecule has 1 atom stereocenters. The van der Waals surface area contributed by atoms with Crippen LogP contribution in [0.5, 0.6) is 0 Å². The van der Waals surface area contributed by atoms with E-state index in [2.05, 4.69) is 38.3 Å². The van der Waals surface area contributed by atoms with Crippen molar-refractivity contribution >= 4 is 54.6 Å². The van der Waals surface area contributed by atoms with Crippen molar-refractivity contribution in [2.45, 2.75) is 19.5 Å². The first-order valence-electron chi connectivity index (χ1n) is 8.65. The minimum atomic E-state index is -0.505. The fourth-order valence-corrected chi connectivity index (χ4v) is 2.88. The number of nitrogens with two attached hydrogens (primary N) is 1. The summed E-state index contributed by atoms with van der Waals surface area (Å²) in [6.45, 7) is 6.59. The maximum Gasteiger partial charge on any atom is 0.240 e. The van der Waals surface area contributed by atoms with Crippen molar-refractivity contribution in [2.24, 2.45) is 5.73 Å². The van der Waals surface area contributed by atoms with Crippen molar-refractivity contribution in [3.63, 3.8) is 0 Å². The lowest BCUT2D eigenvalue weighted by Gasteiger charge is -2.35. The SMILES string of the molecule is CC(N)C(=O)Nc1ccc(CN2CCN(c3ccccn3)CC2)cc1.Cl.Cl.Cl. The number of benzene rings is 1. The van der Waals surface area contributed by atoms with Crippen molar-refractivity contribution in [3.05, 3.63) is 54.2 Å². The molecule has 1 aromatic carbocycles. The molecule has 0 aliphatic carbocycles. The first kappa shape index (κ1) is 26.4. The van der Waals surface area contributed by atoms with Gasteiger partial charge in [-0.15, -0.1) is 37.2 Å². The van der Waals surface area contributed by atoms with Crippen LogP contribution in [-0.2, 0) is 11.3 Å². The summed E-state index contributed by atoms with van der Waals surface area (Å²) < 4.78 is 0. The number of amides is 1. The van der Waals surface area contributed by atoms with Crippen LogP contribution < -0.4 is 16.0 Å². The summed E-state index contributed by atoms with van der Waals surface area (Å²) in [7, 11) is 0. The van der Waals surface area contributed by atoms with Gasteiger partial charge in [-0.25, -0.2) is 4.98 Å². The third-order valence-electron chi connectivity index (χ3n) is 4.39. The van der Waals surface area contributed by atoms with Gasteiger partial charge in [0.25, 0.3) is 0 Å². The molecule has 1 unspecified atom stereocenters. The van der Waals surface area contributed by atoms with Gasteiger partial charge in [0.15, 0.2) is 0 Å². The molecule has 0 saturated carbocycles. The molecule has 0 radical (unpaired) electrons. The molecular weight excluding hydrogens is 421 g/mol. The fraction of sp³-hybridized carbons (Fsp3) is 0.368. The number of carbonyl (C=O) groups excluding carboxylic acids is 1. The maximum absolute atomic E-state index is 11.6. The third-order valence-corrected chi connectivity index (χ3v) is 4.39. The van der Waals surface area contributed by atoms with Crippen LogP contribution in [0.15, 0.2) is 48.7 Å². The molecule has 1 aliphatic heterocycles. The average molecular weight is 449 g/mol. The molecule has 156 valence electrons. The van der Waals surface area contributed by atoms with E-state index in [0.717, 1.165) is 44.2 Å². The van der Waals surface area contributed by atoms with Crippen LogP contribution in [-0.4, -0.2) is 48.0 Å². The van der Waals surface area contributed by atoms with Gasteiger partial charge in [-0.05, 0) is 36.8 Å². The zero-order valence-electron chi connectivity index (χ0n) is 15.8. The standard InChI is InChI=1S/C19H25N5O.3ClH/c1-15(20)19(25)22-17-7-5-16(6-8-17)14-23-10-12-24(13-11-23)18-4-2-3-9-21-18;;;/h2-9,15H,10-14,20H2,1H3,(H,22,25);3*1H. The van der Waals surface area contributed by atoms with Crippen molar-refractivity contribution in [2.75, 3.05) is 36.4 Å². The third kappa shape index (κ3) is 7.45. The summed E-state index contributed by atoms with van der Waals surface area (Å²) in [5.74, 6) is 0.884. The second-order valence-electron chi connectivity index (χ2n) is 6.43. The van der Waals surface area contributed by atoms with Crippen LogP contribution in [0.3, 0.4) is 0 Å². The van der Waals surface area contributed by atoms with Crippen LogP contribution in [0, 0.1) is 0 Å². The molecule has 1 fully saturated rings. The summed E-state index contributed by atoms with van der Waals surface area (Å²) >= 11 is 0. The lowest BCUT2D eigenvalue weighted by atomic mass is 10.1. The lowest BCUT2D eigenvalue weighted by Crippen LogP contribution is -2.46. The molecule has 2 heterocycles. The number of piperazine rings is 1. The Labute approximate surface area is 185 Å². The van der Waals surface area contributed by atoms with Gasteiger partial charge in [0.2, 0.25) is 5.91 Å². The number of aromatic nitrogens is 1.